The molecule has 1 aliphatic heterocycles. The van der Waals surface area contributed by atoms with Crippen LogP contribution in [0.1, 0.15) is 11.5 Å². The van der Waals surface area contributed by atoms with Crippen LogP contribution in [0, 0.1) is 5.41 Å². The van der Waals surface area contributed by atoms with Gasteiger partial charge in [-0.25, -0.2) is 8.42 Å². The van der Waals surface area contributed by atoms with Crippen molar-refractivity contribution in [2.45, 2.75) is 11.2 Å². The van der Waals surface area contributed by atoms with Crippen molar-refractivity contribution in [2.24, 2.45) is 11.1 Å². The first-order valence-corrected chi connectivity index (χ1v) is 9.06. The lowest BCUT2D eigenvalue weighted by Gasteiger charge is -2.15. The summed E-state index contributed by atoms with van der Waals surface area (Å²) in [5.74, 6) is 0.910. The van der Waals surface area contributed by atoms with Crippen molar-refractivity contribution in [2.75, 3.05) is 26.8 Å². The van der Waals surface area contributed by atoms with Crippen molar-refractivity contribution in [3.63, 3.8) is 0 Å². The van der Waals surface area contributed by atoms with E-state index in [0.29, 0.717) is 11.5 Å². The number of fused-ring (bicyclic) bond motifs is 1. The highest BCUT2D eigenvalue weighted by atomic mass is 32.2. The summed E-state index contributed by atoms with van der Waals surface area (Å²) in [7, 11) is -1.83. The lowest BCUT2D eigenvalue weighted by molar-refractivity contribution is 0.166. The molecule has 8 heteroatoms. The van der Waals surface area contributed by atoms with Crippen LogP contribution >= 0.6 is 12.2 Å². The number of hydrogen-bond acceptors (Lipinski definition) is 6. The van der Waals surface area contributed by atoms with Gasteiger partial charge in [0.15, 0.2) is 21.3 Å². The molecule has 1 aromatic carbocycles. The highest BCUT2D eigenvalue weighted by Crippen LogP contribution is 2.63. The summed E-state index contributed by atoms with van der Waals surface area (Å²) in [6, 6.07) is 5.39. The Labute approximate surface area is 134 Å². The van der Waals surface area contributed by atoms with Gasteiger partial charge < -0.3 is 19.9 Å². The fourth-order valence-electron chi connectivity index (χ4n) is 3.39. The number of hydrogen-bond donors (Lipinski definition) is 1. The lowest BCUT2D eigenvalue weighted by Crippen LogP contribution is -2.32. The molecule has 0 amide bonds. The van der Waals surface area contributed by atoms with Gasteiger partial charge in [-0.05, 0) is 17.7 Å². The maximum absolute atomic E-state index is 12.2. The molecule has 1 aromatic rings. The summed E-state index contributed by atoms with van der Waals surface area (Å²) >= 11 is 5.16. The van der Waals surface area contributed by atoms with Crippen LogP contribution in [0.4, 0.5) is 0 Å². The van der Waals surface area contributed by atoms with Crippen LogP contribution in [0.5, 0.6) is 11.5 Å². The van der Waals surface area contributed by atoms with E-state index < -0.39 is 20.5 Å². The zero-order chi connectivity index (χ0) is 16.1. The van der Waals surface area contributed by atoms with Crippen molar-refractivity contribution < 1.29 is 22.6 Å². The van der Waals surface area contributed by atoms with Crippen LogP contribution < -0.4 is 15.2 Å². The number of sulfone groups is 1. The summed E-state index contributed by atoms with van der Waals surface area (Å²) < 4.78 is 40.2. The predicted molar refractivity (Wildman–Crippen MR) is 85.0 cm³/mol. The van der Waals surface area contributed by atoms with Gasteiger partial charge in [-0.15, -0.1) is 0 Å². The monoisotopic (exact) mass is 343 g/mol. The van der Waals surface area contributed by atoms with E-state index in [1.165, 1.54) is 13.4 Å². The molecule has 3 atom stereocenters. The van der Waals surface area contributed by atoms with E-state index in [0.717, 1.165) is 5.56 Å². The van der Waals surface area contributed by atoms with Gasteiger partial charge >= 0.3 is 0 Å². The van der Waals surface area contributed by atoms with E-state index in [4.69, 9.17) is 32.2 Å². The van der Waals surface area contributed by atoms with Crippen LogP contribution in [0.15, 0.2) is 18.2 Å². The van der Waals surface area contributed by atoms with Gasteiger partial charge in [0.2, 0.25) is 6.79 Å². The number of ether oxygens (including phenoxy) is 3. The molecule has 0 saturated heterocycles. The average molecular weight is 343 g/mol. The Kier molecular flexibility index (Phi) is 3.58. The molecule has 3 rings (SSSR count). The number of nitrogens with two attached hydrogens (primary N) is 1. The minimum Gasteiger partial charge on any atom is -0.454 e. The SMILES string of the molecule is COCC1(C(N)=S)C(c2ccc3c(c2)OCO3)C1S(C)(=O)=O. The van der Waals surface area contributed by atoms with Gasteiger partial charge in [0.25, 0.3) is 0 Å². The molecule has 1 aliphatic carbocycles. The Bertz CT molecular complexity index is 733. The quantitative estimate of drug-likeness (QED) is 0.793. The molecule has 0 bridgehead atoms. The molecule has 0 spiro atoms. The first-order chi connectivity index (χ1) is 10.3. The Morgan fingerprint density at radius 1 is 1.45 bits per heavy atom. The van der Waals surface area contributed by atoms with Gasteiger partial charge in [-0.3, -0.25) is 0 Å². The molecule has 2 N–H and O–H groups in total. The number of thiocarbonyl (C=S) groups is 1. The van der Waals surface area contributed by atoms with Crippen molar-refractivity contribution in [3.8, 4) is 11.5 Å². The third kappa shape index (κ3) is 2.17. The molecule has 0 aromatic heterocycles. The molecule has 22 heavy (non-hydrogen) atoms. The van der Waals surface area contributed by atoms with Gasteiger partial charge in [-0.1, -0.05) is 18.3 Å². The number of benzene rings is 1. The molecular weight excluding hydrogens is 326 g/mol. The normalized spacial score (nSPS) is 29.4. The van der Waals surface area contributed by atoms with Crippen molar-refractivity contribution >= 4 is 27.0 Å². The average Bonchev–Trinajstić information content (AvgIpc) is 2.91. The largest absolute Gasteiger partial charge is 0.454 e. The number of methoxy groups -OCH3 is 1. The molecule has 1 saturated carbocycles. The zero-order valence-corrected chi connectivity index (χ0v) is 13.9. The molecule has 120 valence electrons. The van der Waals surface area contributed by atoms with Gasteiger partial charge in [0.1, 0.15) is 0 Å². The Hall–Kier alpha value is -1.38. The third-order valence-corrected chi connectivity index (χ3v) is 6.31. The standard InChI is InChI=1S/C14H17NO5S2/c1-18-6-14(13(15)21)11(12(14)22(2,16)17)8-3-4-9-10(5-8)20-7-19-9/h3-5,11-12H,6-7H2,1-2H3,(H2,15,21). The summed E-state index contributed by atoms with van der Waals surface area (Å²) in [6.45, 7) is 0.330. The van der Waals surface area contributed by atoms with E-state index >= 15 is 0 Å². The smallest absolute Gasteiger partial charge is 0.231 e. The molecule has 6 nitrogen and oxygen atoms in total. The molecule has 2 aliphatic rings. The second-order valence-corrected chi connectivity index (χ2v) is 8.28. The second kappa shape index (κ2) is 5.07. The lowest BCUT2D eigenvalue weighted by atomic mass is 9.99. The fraction of sp³-hybridized carbons (Fsp3) is 0.500. The highest BCUT2D eigenvalue weighted by Gasteiger charge is 2.72. The van der Waals surface area contributed by atoms with E-state index in [2.05, 4.69) is 0 Å². The minimum absolute atomic E-state index is 0.160. The summed E-state index contributed by atoms with van der Waals surface area (Å²) in [5.41, 5.74) is 5.82. The van der Waals surface area contributed by atoms with Crippen LogP contribution in [-0.2, 0) is 14.6 Å². The van der Waals surface area contributed by atoms with E-state index in [1.807, 2.05) is 6.07 Å². The van der Waals surface area contributed by atoms with E-state index in [1.54, 1.807) is 12.1 Å². The third-order valence-electron chi connectivity index (χ3n) is 4.32. The molecule has 0 radical (unpaired) electrons. The van der Waals surface area contributed by atoms with Crippen molar-refractivity contribution in [3.05, 3.63) is 23.8 Å². The van der Waals surface area contributed by atoms with Crippen molar-refractivity contribution in [1.29, 1.82) is 0 Å². The van der Waals surface area contributed by atoms with Crippen LogP contribution in [0.25, 0.3) is 0 Å². The molecule has 1 fully saturated rings. The Morgan fingerprint density at radius 3 is 2.73 bits per heavy atom. The minimum atomic E-state index is -3.34. The van der Waals surface area contributed by atoms with Crippen LogP contribution in [-0.4, -0.2) is 45.4 Å². The maximum atomic E-state index is 12.2. The maximum Gasteiger partial charge on any atom is 0.231 e. The van der Waals surface area contributed by atoms with Gasteiger partial charge in [0, 0.05) is 19.3 Å². The van der Waals surface area contributed by atoms with Crippen molar-refractivity contribution in [1.82, 2.24) is 0 Å². The number of rotatable bonds is 5. The van der Waals surface area contributed by atoms with Crippen LogP contribution in [0.3, 0.4) is 0 Å². The summed E-state index contributed by atoms with van der Waals surface area (Å²) in [5, 5.41) is -0.683. The van der Waals surface area contributed by atoms with E-state index in [-0.39, 0.29) is 24.3 Å². The predicted octanol–water partition coefficient (Wildman–Crippen LogP) is 0.845. The highest BCUT2D eigenvalue weighted by molar-refractivity contribution is 7.92. The fourth-order valence-corrected chi connectivity index (χ4v) is 5.70. The van der Waals surface area contributed by atoms with Crippen LogP contribution in [0.2, 0.25) is 0 Å². The zero-order valence-electron chi connectivity index (χ0n) is 12.2. The first kappa shape index (κ1) is 15.5. The first-order valence-electron chi connectivity index (χ1n) is 6.69. The van der Waals surface area contributed by atoms with E-state index in [9.17, 15) is 8.42 Å². The van der Waals surface area contributed by atoms with Gasteiger partial charge in [0.05, 0.1) is 22.3 Å². The summed E-state index contributed by atoms with van der Waals surface area (Å²) in [6.07, 6.45) is 1.20. The second-order valence-electron chi connectivity index (χ2n) is 5.68. The molecule has 3 unspecified atom stereocenters. The van der Waals surface area contributed by atoms with Gasteiger partial charge in [-0.2, -0.15) is 0 Å². The Balaban J connectivity index is 2.06. The topological polar surface area (TPSA) is 87.8 Å². The molecular formula is C14H17NO5S2. The Morgan fingerprint density at radius 2 is 2.14 bits per heavy atom. The summed E-state index contributed by atoms with van der Waals surface area (Å²) in [4.78, 5) is 0.160. The molecule has 1 heterocycles.